The third-order valence-corrected chi connectivity index (χ3v) is 4.29. The smallest absolute Gasteiger partial charge is 0.258 e. The lowest BCUT2D eigenvalue weighted by molar-refractivity contribution is 0.112. The molecule has 0 atom stereocenters. The molecule has 0 saturated carbocycles. The van der Waals surface area contributed by atoms with Crippen LogP contribution in [0.1, 0.15) is 15.9 Å². The number of benzene rings is 3. The van der Waals surface area contributed by atoms with Crippen LogP contribution in [0, 0.1) is 6.92 Å². The topological polar surface area (TPSA) is 56.0 Å². The fraction of sp³-hybridized carbons (Fsp3) is 0.0455. The normalized spacial score (nSPS) is 10.7. The van der Waals surface area contributed by atoms with E-state index in [4.69, 9.17) is 4.52 Å². The van der Waals surface area contributed by atoms with E-state index in [1.165, 1.54) is 11.1 Å². The second-order valence-electron chi connectivity index (χ2n) is 6.06. The van der Waals surface area contributed by atoms with E-state index in [0.717, 1.165) is 23.0 Å². The quantitative estimate of drug-likeness (QED) is 0.480. The molecule has 1 aromatic heterocycles. The summed E-state index contributed by atoms with van der Waals surface area (Å²) in [6.45, 7) is 2.07. The Morgan fingerprint density at radius 1 is 0.846 bits per heavy atom. The Hall–Kier alpha value is -3.53. The van der Waals surface area contributed by atoms with Crippen molar-refractivity contribution in [3.63, 3.8) is 0 Å². The van der Waals surface area contributed by atoms with E-state index in [1.807, 2.05) is 36.4 Å². The highest BCUT2D eigenvalue weighted by Gasteiger charge is 2.12. The number of nitrogens with zero attached hydrogens (tertiary/aromatic N) is 2. The van der Waals surface area contributed by atoms with Crippen LogP contribution in [0.25, 0.3) is 34.0 Å². The highest BCUT2D eigenvalue weighted by atomic mass is 16.5. The zero-order chi connectivity index (χ0) is 17.9. The van der Waals surface area contributed by atoms with Crippen LogP contribution in [0.3, 0.4) is 0 Å². The summed E-state index contributed by atoms with van der Waals surface area (Å²) in [4.78, 5) is 15.2. The molecule has 4 heteroatoms. The third-order valence-electron chi connectivity index (χ3n) is 4.29. The second-order valence-corrected chi connectivity index (χ2v) is 6.06. The van der Waals surface area contributed by atoms with Crippen molar-refractivity contribution in [3.05, 3.63) is 83.9 Å². The second kappa shape index (κ2) is 6.76. The molecule has 0 radical (unpaired) electrons. The van der Waals surface area contributed by atoms with Crippen molar-refractivity contribution in [2.75, 3.05) is 0 Å². The Bertz CT molecular complexity index is 1050. The van der Waals surface area contributed by atoms with Crippen LogP contribution in [0.15, 0.2) is 77.3 Å². The zero-order valence-electron chi connectivity index (χ0n) is 14.2. The van der Waals surface area contributed by atoms with Crippen LogP contribution < -0.4 is 0 Å². The SMILES string of the molecule is Cc1cc(-c2nc(-c3ccc(C=O)cc3)no2)ccc1-c1ccccc1. The van der Waals surface area contributed by atoms with Crippen molar-refractivity contribution >= 4 is 6.29 Å². The minimum Gasteiger partial charge on any atom is -0.334 e. The molecule has 126 valence electrons. The molecule has 0 unspecified atom stereocenters. The summed E-state index contributed by atoms with van der Waals surface area (Å²) in [5.74, 6) is 0.976. The number of carbonyl (C=O) groups is 1. The van der Waals surface area contributed by atoms with Crippen LogP contribution in [0.4, 0.5) is 0 Å². The number of carbonyl (C=O) groups excluding carboxylic acids is 1. The Kier molecular flexibility index (Phi) is 4.15. The van der Waals surface area contributed by atoms with E-state index in [0.29, 0.717) is 17.3 Å². The first-order chi connectivity index (χ1) is 12.7. The van der Waals surface area contributed by atoms with E-state index in [2.05, 4.69) is 41.3 Å². The predicted molar refractivity (Wildman–Crippen MR) is 101 cm³/mol. The summed E-state index contributed by atoms with van der Waals surface area (Å²) in [7, 11) is 0. The summed E-state index contributed by atoms with van der Waals surface area (Å²) < 4.78 is 5.43. The minimum absolute atomic E-state index is 0.474. The van der Waals surface area contributed by atoms with Crippen molar-refractivity contribution in [3.8, 4) is 34.0 Å². The van der Waals surface area contributed by atoms with Gasteiger partial charge in [-0.15, -0.1) is 0 Å². The van der Waals surface area contributed by atoms with Crippen molar-refractivity contribution in [1.29, 1.82) is 0 Å². The summed E-state index contributed by atoms with van der Waals surface area (Å²) >= 11 is 0. The maximum Gasteiger partial charge on any atom is 0.258 e. The molecule has 0 amide bonds. The lowest BCUT2D eigenvalue weighted by atomic mass is 9.98. The predicted octanol–water partition coefficient (Wildman–Crippen LogP) is 5.19. The van der Waals surface area contributed by atoms with Crippen LogP contribution in [0.2, 0.25) is 0 Å². The minimum atomic E-state index is 0.474. The summed E-state index contributed by atoms with van der Waals surface area (Å²) in [5, 5.41) is 4.05. The number of aryl methyl sites for hydroxylation is 1. The van der Waals surface area contributed by atoms with Crippen LogP contribution in [-0.4, -0.2) is 16.4 Å². The highest BCUT2D eigenvalue weighted by molar-refractivity contribution is 5.76. The molecule has 4 nitrogen and oxygen atoms in total. The van der Waals surface area contributed by atoms with Gasteiger partial charge in [0, 0.05) is 16.7 Å². The molecule has 4 aromatic rings. The molecule has 0 aliphatic rings. The molecule has 0 bridgehead atoms. The Morgan fingerprint density at radius 2 is 1.58 bits per heavy atom. The van der Waals surface area contributed by atoms with Crippen LogP contribution in [-0.2, 0) is 0 Å². The first-order valence-corrected chi connectivity index (χ1v) is 8.30. The van der Waals surface area contributed by atoms with Gasteiger partial charge in [-0.3, -0.25) is 4.79 Å². The highest BCUT2D eigenvalue weighted by Crippen LogP contribution is 2.28. The van der Waals surface area contributed by atoms with Gasteiger partial charge in [0.05, 0.1) is 0 Å². The van der Waals surface area contributed by atoms with Gasteiger partial charge in [-0.2, -0.15) is 4.98 Å². The molecule has 4 rings (SSSR count). The fourth-order valence-electron chi connectivity index (χ4n) is 2.91. The summed E-state index contributed by atoms with van der Waals surface area (Å²) in [5.41, 5.74) is 5.80. The molecule has 3 aromatic carbocycles. The average molecular weight is 340 g/mol. The van der Waals surface area contributed by atoms with Crippen molar-refractivity contribution in [2.24, 2.45) is 0 Å². The van der Waals surface area contributed by atoms with Gasteiger partial charge in [-0.1, -0.05) is 65.8 Å². The van der Waals surface area contributed by atoms with Gasteiger partial charge in [-0.05, 0) is 35.7 Å². The van der Waals surface area contributed by atoms with E-state index in [-0.39, 0.29) is 0 Å². The van der Waals surface area contributed by atoms with E-state index in [1.54, 1.807) is 12.1 Å². The molecule has 1 heterocycles. The van der Waals surface area contributed by atoms with Gasteiger partial charge in [0.2, 0.25) is 5.82 Å². The molecule has 0 aliphatic heterocycles. The zero-order valence-corrected chi connectivity index (χ0v) is 14.2. The molecule has 0 saturated heterocycles. The van der Waals surface area contributed by atoms with Gasteiger partial charge < -0.3 is 4.52 Å². The summed E-state index contributed by atoms with van der Waals surface area (Å²) in [6.07, 6.45) is 0.808. The van der Waals surface area contributed by atoms with Gasteiger partial charge in [0.1, 0.15) is 6.29 Å². The van der Waals surface area contributed by atoms with Crippen LogP contribution in [0.5, 0.6) is 0 Å². The largest absolute Gasteiger partial charge is 0.334 e. The molecule has 0 aliphatic carbocycles. The average Bonchev–Trinajstić information content (AvgIpc) is 3.19. The van der Waals surface area contributed by atoms with Gasteiger partial charge >= 0.3 is 0 Å². The van der Waals surface area contributed by atoms with Crippen LogP contribution >= 0.6 is 0 Å². The van der Waals surface area contributed by atoms with Crippen molar-refractivity contribution in [2.45, 2.75) is 6.92 Å². The standard InChI is InChI=1S/C22H16N2O2/c1-15-13-19(11-12-20(15)17-5-3-2-4-6-17)22-23-21(24-26-22)18-9-7-16(14-25)8-10-18/h2-14H,1H3. The third kappa shape index (κ3) is 3.05. The van der Waals surface area contributed by atoms with Crippen molar-refractivity contribution < 1.29 is 9.32 Å². The molecule has 0 N–H and O–H groups in total. The Balaban J connectivity index is 1.65. The summed E-state index contributed by atoms with van der Waals surface area (Å²) in [6, 6.07) is 23.4. The molecular formula is C22H16N2O2. The molecule has 26 heavy (non-hydrogen) atoms. The number of rotatable bonds is 4. The lowest BCUT2D eigenvalue weighted by Crippen LogP contribution is -1.86. The molecule has 0 fully saturated rings. The van der Waals surface area contributed by atoms with Gasteiger partial charge in [0.15, 0.2) is 0 Å². The Morgan fingerprint density at radius 3 is 2.27 bits per heavy atom. The molecule has 0 spiro atoms. The number of hydrogen-bond acceptors (Lipinski definition) is 4. The Labute approximate surface area is 151 Å². The number of hydrogen-bond donors (Lipinski definition) is 0. The first-order valence-electron chi connectivity index (χ1n) is 8.30. The maximum absolute atomic E-state index is 10.8. The number of aldehydes is 1. The maximum atomic E-state index is 10.8. The first kappa shape index (κ1) is 16.0. The molecular weight excluding hydrogens is 324 g/mol. The van der Waals surface area contributed by atoms with Gasteiger partial charge in [0.25, 0.3) is 5.89 Å². The fourth-order valence-corrected chi connectivity index (χ4v) is 2.91. The van der Waals surface area contributed by atoms with Crippen molar-refractivity contribution in [1.82, 2.24) is 10.1 Å². The number of aromatic nitrogens is 2. The van der Waals surface area contributed by atoms with E-state index >= 15 is 0 Å². The van der Waals surface area contributed by atoms with E-state index in [9.17, 15) is 4.79 Å². The van der Waals surface area contributed by atoms with E-state index < -0.39 is 0 Å². The lowest BCUT2D eigenvalue weighted by Gasteiger charge is -2.07. The monoisotopic (exact) mass is 340 g/mol. The van der Waals surface area contributed by atoms with Gasteiger partial charge in [-0.25, -0.2) is 0 Å².